The Kier molecular flexibility index (Phi) is 6.38. The number of carbonyl (C=O) groups is 1. The van der Waals surface area contributed by atoms with Gasteiger partial charge in [-0.25, -0.2) is 8.42 Å². The van der Waals surface area contributed by atoms with Gasteiger partial charge in [0.05, 0.1) is 4.92 Å². The number of ether oxygens (including phenoxy) is 1. The number of rotatable bonds is 6. The zero-order chi connectivity index (χ0) is 23.4. The number of hydrogen-bond donors (Lipinski definition) is 0. The summed E-state index contributed by atoms with van der Waals surface area (Å²) >= 11 is 0. The Bertz CT molecular complexity index is 1250. The second-order valence-electron chi connectivity index (χ2n) is 7.36. The van der Waals surface area contributed by atoms with Crippen LogP contribution < -0.4 is 4.74 Å². The summed E-state index contributed by atoms with van der Waals surface area (Å²) in [5.74, 6) is 1.06. The first kappa shape index (κ1) is 22.4. The average Bonchev–Trinajstić information content (AvgIpc) is 2.85. The zero-order valence-electron chi connectivity index (χ0n) is 17.5. The Labute approximate surface area is 191 Å². The highest BCUT2D eigenvalue weighted by Crippen LogP contribution is 2.27. The van der Waals surface area contributed by atoms with E-state index in [9.17, 15) is 23.3 Å². The molecule has 0 spiro atoms. The molecule has 1 amide bonds. The van der Waals surface area contributed by atoms with Crippen molar-refractivity contribution in [2.45, 2.75) is 4.90 Å². The van der Waals surface area contributed by atoms with E-state index in [1.165, 1.54) is 22.5 Å². The van der Waals surface area contributed by atoms with E-state index in [0.29, 0.717) is 17.1 Å². The highest BCUT2D eigenvalue weighted by molar-refractivity contribution is 7.89. The van der Waals surface area contributed by atoms with Crippen LogP contribution in [0.15, 0.2) is 83.8 Å². The van der Waals surface area contributed by atoms with Gasteiger partial charge in [-0.3, -0.25) is 14.9 Å². The van der Waals surface area contributed by atoms with Gasteiger partial charge < -0.3 is 9.64 Å². The molecule has 1 fully saturated rings. The molecular formula is C23H21N3O6S. The third kappa shape index (κ3) is 4.86. The van der Waals surface area contributed by atoms with Crippen LogP contribution in [0.1, 0.15) is 10.4 Å². The van der Waals surface area contributed by atoms with Crippen molar-refractivity contribution >= 4 is 21.6 Å². The lowest BCUT2D eigenvalue weighted by Crippen LogP contribution is -2.50. The van der Waals surface area contributed by atoms with E-state index in [0.717, 1.165) is 6.07 Å². The van der Waals surface area contributed by atoms with E-state index in [4.69, 9.17) is 4.74 Å². The number of sulfonamides is 1. The Balaban J connectivity index is 1.40. The van der Waals surface area contributed by atoms with E-state index in [1.807, 2.05) is 30.3 Å². The lowest BCUT2D eigenvalue weighted by Gasteiger charge is -2.34. The van der Waals surface area contributed by atoms with Crippen molar-refractivity contribution in [2.24, 2.45) is 0 Å². The third-order valence-electron chi connectivity index (χ3n) is 5.29. The average molecular weight is 468 g/mol. The van der Waals surface area contributed by atoms with E-state index in [1.54, 1.807) is 29.2 Å². The molecule has 0 aliphatic carbocycles. The summed E-state index contributed by atoms with van der Waals surface area (Å²) in [7, 11) is -4.05. The fourth-order valence-electron chi connectivity index (χ4n) is 3.57. The summed E-state index contributed by atoms with van der Waals surface area (Å²) in [6.07, 6.45) is 0. The number of carbonyl (C=O) groups excluding carboxylic acids is 1. The minimum Gasteiger partial charge on any atom is -0.457 e. The molecule has 0 unspecified atom stereocenters. The van der Waals surface area contributed by atoms with Crippen LogP contribution >= 0.6 is 0 Å². The van der Waals surface area contributed by atoms with Gasteiger partial charge in [0.1, 0.15) is 11.5 Å². The van der Waals surface area contributed by atoms with Crippen molar-refractivity contribution in [2.75, 3.05) is 26.2 Å². The summed E-state index contributed by atoms with van der Waals surface area (Å²) in [6, 6.07) is 21.3. The fourth-order valence-corrected chi connectivity index (χ4v) is 5.15. The number of amides is 1. The smallest absolute Gasteiger partial charge is 0.289 e. The second kappa shape index (κ2) is 9.39. The third-order valence-corrected chi connectivity index (χ3v) is 7.23. The molecule has 0 N–H and O–H groups in total. The topological polar surface area (TPSA) is 110 Å². The molecule has 1 saturated heterocycles. The van der Waals surface area contributed by atoms with Gasteiger partial charge in [0.25, 0.3) is 11.6 Å². The molecule has 0 atom stereocenters. The van der Waals surface area contributed by atoms with Crippen molar-refractivity contribution in [1.82, 2.24) is 9.21 Å². The van der Waals surface area contributed by atoms with Crippen LogP contribution in [0.3, 0.4) is 0 Å². The SMILES string of the molecule is O=C(c1ccc(Oc2ccccc2)cc1)N1CCN(S(=O)(=O)c2ccccc2[N+](=O)[O-])CC1. The van der Waals surface area contributed by atoms with Crippen LogP contribution in [0.5, 0.6) is 11.5 Å². The molecule has 10 heteroatoms. The molecule has 170 valence electrons. The minimum atomic E-state index is -4.05. The van der Waals surface area contributed by atoms with E-state index in [2.05, 4.69) is 0 Å². The lowest BCUT2D eigenvalue weighted by molar-refractivity contribution is -0.387. The number of hydrogen-bond acceptors (Lipinski definition) is 6. The van der Waals surface area contributed by atoms with Crippen molar-refractivity contribution in [3.63, 3.8) is 0 Å². The van der Waals surface area contributed by atoms with E-state index in [-0.39, 0.29) is 37.0 Å². The van der Waals surface area contributed by atoms with Crippen LogP contribution in [-0.2, 0) is 10.0 Å². The largest absolute Gasteiger partial charge is 0.457 e. The van der Waals surface area contributed by atoms with Gasteiger partial charge in [-0.1, -0.05) is 30.3 Å². The van der Waals surface area contributed by atoms with Crippen molar-refractivity contribution in [3.05, 3.63) is 94.5 Å². The summed E-state index contributed by atoms with van der Waals surface area (Å²) < 4.78 is 32.8. The summed E-state index contributed by atoms with van der Waals surface area (Å²) in [4.78, 5) is 24.6. The monoisotopic (exact) mass is 467 g/mol. The molecule has 1 aliphatic rings. The number of nitro groups is 1. The highest BCUT2D eigenvalue weighted by atomic mass is 32.2. The first-order valence-electron chi connectivity index (χ1n) is 10.2. The van der Waals surface area contributed by atoms with Crippen LogP contribution in [-0.4, -0.2) is 54.6 Å². The van der Waals surface area contributed by atoms with Crippen molar-refractivity contribution in [3.8, 4) is 11.5 Å². The molecule has 4 rings (SSSR count). The van der Waals surface area contributed by atoms with Gasteiger partial charge in [-0.05, 0) is 42.5 Å². The molecule has 3 aromatic rings. The Morgan fingerprint density at radius 3 is 2.03 bits per heavy atom. The molecular weight excluding hydrogens is 446 g/mol. The number of piperazine rings is 1. The van der Waals surface area contributed by atoms with Gasteiger partial charge in [-0.15, -0.1) is 0 Å². The van der Waals surface area contributed by atoms with E-state index >= 15 is 0 Å². The predicted molar refractivity (Wildman–Crippen MR) is 121 cm³/mol. The zero-order valence-corrected chi connectivity index (χ0v) is 18.3. The Hall–Kier alpha value is -3.76. The number of nitro benzene ring substituents is 1. The van der Waals surface area contributed by atoms with Gasteiger partial charge in [-0.2, -0.15) is 4.31 Å². The van der Waals surface area contributed by atoms with Crippen LogP contribution in [0, 0.1) is 10.1 Å². The highest BCUT2D eigenvalue weighted by Gasteiger charge is 2.34. The molecule has 1 heterocycles. The molecule has 33 heavy (non-hydrogen) atoms. The normalized spacial score (nSPS) is 14.6. The minimum absolute atomic E-state index is 0.0509. The molecule has 0 bridgehead atoms. The van der Waals surface area contributed by atoms with Crippen LogP contribution in [0.2, 0.25) is 0 Å². The molecule has 9 nitrogen and oxygen atoms in total. The number of nitrogens with zero attached hydrogens (tertiary/aromatic N) is 3. The molecule has 0 radical (unpaired) electrons. The van der Waals surface area contributed by atoms with Crippen LogP contribution in [0.25, 0.3) is 0 Å². The van der Waals surface area contributed by atoms with Crippen molar-refractivity contribution in [1.29, 1.82) is 0 Å². The van der Waals surface area contributed by atoms with Gasteiger partial charge in [0, 0.05) is 37.8 Å². The summed E-state index contributed by atoms with van der Waals surface area (Å²) in [5.41, 5.74) is -0.000710. The maximum atomic E-state index is 13.0. The number of para-hydroxylation sites is 2. The van der Waals surface area contributed by atoms with E-state index < -0.39 is 20.6 Å². The van der Waals surface area contributed by atoms with Gasteiger partial charge in [0.2, 0.25) is 10.0 Å². The Morgan fingerprint density at radius 1 is 0.818 bits per heavy atom. The Morgan fingerprint density at radius 2 is 1.39 bits per heavy atom. The maximum Gasteiger partial charge on any atom is 0.289 e. The lowest BCUT2D eigenvalue weighted by atomic mass is 10.2. The molecule has 1 aliphatic heterocycles. The van der Waals surface area contributed by atoms with Gasteiger partial charge >= 0.3 is 0 Å². The molecule has 0 saturated carbocycles. The standard InChI is InChI=1S/C23H21N3O6S/c27-23(18-10-12-20(13-11-18)32-19-6-2-1-3-7-19)24-14-16-25(17-15-24)33(30,31)22-9-5-4-8-21(22)26(28)29/h1-13H,14-17H2. The first-order chi connectivity index (χ1) is 15.9. The first-order valence-corrected chi connectivity index (χ1v) is 11.7. The summed E-state index contributed by atoms with van der Waals surface area (Å²) in [6.45, 7) is 0.465. The predicted octanol–water partition coefficient (Wildman–Crippen LogP) is 3.53. The fraction of sp³-hybridized carbons (Fsp3) is 0.174. The van der Waals surface area contributed by atoms with Gasteiger partial charge in [0.15, 0.2) is 4.90 Å². The quantitative estimate of drug-likeness (QED) is 0.405. The second-order valence-corrected chi connectivity index (χ2v) is 9.27. The van der Waals surface area contributed by atoms with Crippen molar-refractivity contribution < 1.29 is 22.9 Å². The maximum absolute atomic E-state index is 13.0. The van der Waals surface area contributed by atoms with Crippen LogP contribution in [0.4, 0.5) is 5.69 Å². The number of benzene rings is 3. The molecule has 3 aromatic carbocycles. The molecule has 0 aromatic heterocycles. The summed E-state index contributed by atoms with van der Waals surface area (Å²) in [5, 5.41) is 11.2.